The lowest BCUT2D eigenvalue weighted by Crippen LogP contribution is -2.43. The van der Waals surface area contributed by atoms with E-state index >= 15 is 0 Å². The lowest BCUT2D eigenvalue weighted by Gasteiger charge is -2.31. The second-order valence-electron chi connectivity index (χ2n) is 6.09. The van der Waals surface area contributed by atoms with Gasteiger partial charge in [0.05, 0.1) is 6.61 Å². The van der Waals surface area contributed by atoms with Crippen LogP contribution in [-0.2, 0) is 30.9 Å². The van der Waals surface area contributed by atoms with Crippen molar-refractivity contribution in [3.05, 3.63) is 70.8 Å². The quantitative estimate of drug-likeness (QED) is 0.439. The van der Waals surface area contributed by atoms with Gasteiger partial charge >= 0.3 is 0 Å². The molecule has 1 N–H and O–H groups in total. The number of hydrogen-bond acceptors (Lipinski definition) is 2. The van der Waals surface area contributed by atoms with Crippen molar-refractivity contribution in [2.75, 3.05) is 20.7 Å². The van der Waals surface area contributed by atoms with Gasteiger partial charge in [0.15, 0.2) is 5.96 Å². The van der Waals surface area contributed by atoms with Gasteiger partial charge in [0.1, 0.15) is 0 Å². The van der Waals surface area contributed by atoms with E-state index in [1.807, 2.05) is 7.05 Å². The van der Waals surface area contributed by atoms with Crippen LogP contribution >= 0.6 is 24.0 Å². The maximum absolute atomic E-state index is 5.21. The Kier molecular flexibility index (Phi) is 7.71. The van der Waals surface area contributed by atoms with Crippen LogP contribution in [0.3, 0.4) is 0 Å². The van der Waals surface area contributed by atoms with Crippen molar-refractivity contribution in [1.82, 2.24) is 10.2 Å². The molecule has 0 unspecified atom stereocenters. The fourth-order valence-electron chi connectivity index (χ4n) is 3.19. The number of guanidine groups is 1. The summed E-state index contributed by atoms with van der Waals surface area (Å²) in [5, 5.41) is 3.49. The third-order valence-corrected chi connectivity index (χ3v) is 4.40. The average molecular weight is 451 g/mol. The van der Waals surface area contributed by atoms with Crippen LogP contribution in [0.2, 0.25) is 0 Å². The number of hydrogen-bond donors (Lipinski definition) is 1. The molecule has 0 aromatic heterocycles. The van der Waals surface area contributed by atoms with E-state index in [0.29, 0.717) is 6.61 Å². The zero-order chi connectivity index (χ0) is 16.8. The van der Waals surface area contributed by atoms with Gasteiger partial charge in [-0.05, 0) is 28.7 Å². The van der Waals surface area contributed by atoms with Crippen molar-refractivity contribution in [3.63, 3.8) is 0 Å². The molecule has 134 valence electrons. The highest BCUT2D eigenvalue weighted by molar-refractivity contribution is 14.0. The van der Waals surface area contributed by atoms with Crippen LogP contribution in [0.1, 0.15) is 22.3 Å². The molecule has 0 amide bonds. The summed E-state index contributed by atoms with van der Waals surface area (Å²) in [7, 11) is 3.57. The number of halogens is 1. The van der Waals surface area contributed by atoms with E-state index < -0.39 is 0 Å². The zero-order valence-electron chi connectivity index (χ0n) is 14.9. The number of methoxy groups -OCH3 is 1. The summed E-state index contributed by atoms with van der Waals surface area (Å²) in [6, 6.07) is 17.1. The van der Waals surface area contributed by atoms with E-state index in [4.69, 9.17) is 4.74 Å². The molecule has 3 rings (SSSR count). The van der Waals surface area contributed by atoms with Crippen LogP contribution in [0.4, 0.5) is 0 Å². The highest BCUT2D eigenvalue weighted by atomic mass is 127. The molecule has 0 spiro atoms. The summed E-state index contributed by atoms with van der Waals surface area (Å²) >= 11 is 0. The number of benzene rings is 2. The summed E-state index contributed by atoms with van der Waals surface area (Å²) in [5.41, 5.74) is 5.28. The molecule has 1 aliphatic heterocycles. The van der Waals surface area contributed by atoms with Crippen LogP contribution in [0.15, 0.2) is 53.5 Å². The van der Waals surface area contributed by atoms with Crippen molar-refractivity contribution in [3.8, 4) is 0 Å². The first-order chi connectivity index (χ1) is 11.8. The van der Waals surface area contributed by atoms with Crippen molar-refractivity contribution in [2.45, 2.75) is 26.1 Å². The van der Waals surface area contributed by atoms with Crippen LogP contribution < -0.4 is 5.32 Å². The first-order valence-corrected chi connectivity index (χ1v) is 8.39. The van der Waals surface area contributed by atoms with Crippen molar-refractivity contribution < 1.29 is 4.74 Å². The average Bonchev–Trinajstić information content (AvgIpc) is 2.63. The number of nitrogens with one attached hydrogen (secondary N) is 1. The normalized spacial score (nSPS) is 13.8. The number of aliphatic imine (C=N–C) groups is 1. The van der Waals surface area contributed by atoms with Crippen LogP contribution in [0.5, 0.6) is 0 Å². The van der Waals surface area contributed by atoms with Gasteiger partial charge in [0.2, 0.25) is 0 Å². The predicted molar refractivity (Wildman–Crippen MR) is 113 cm³/mol. The Balaban J connectivity index is 0.00000225. The van der Waals surface area contributed by atoms with E-state index in [1.54, 1.807) is 7.11 Å². The second-order valence-corrected chi connectivity index (χ2v) is 6.09. The molecule has 0 fully saturated rings. The lowest BCUT2D eigenvalue weighted by molar-refractivity contribution is 0.185. The number of ether oxygens (including phenoxy) is 1. The first-order valence-electron chi connectivity index (χ1n) is 8.39. The van der Waals surface area contributed by atoms with Gasteiger partial charge in [0, 0.05) is 33.8 Å². The highest BCUT2D eigenvalue weighted by Crippen LogP contribution is 2.18. The van der Waals surface area contributed by atoms with Crippen LogP contribution in [0.25, 0.3) is 0 Å². The molecule has 4 nitrogen and oxygen atoms in total. The Hall–Kier alpha value is -1.60. The molecule has 2 aromatic rings. The molecular weight excluding hydrogens is 425 g/mol. The highest BCUT2D eigenvalue weighted by Gasteiger charge is 2.18. The minimum Gasteiger partial charge on any atom is -0.380 e. The van der Waals surface area contributed by atoms with Gasteiger partial charge in [-0.3, -0.25) is 4.99 Å². The Morgan fingerprint density at radius 1 is 1.12 bits per heavy atom. The molecule has 0 bridgehead atoms. The third kappa shape index (κ3) is 5.19. The number of rotatable bonds is 4. The van der Waals surface area contributed by atoms with E-state index in [0.717, 1.165) is 32.0 Å². The standard InChI is InChI=1S/C20H25N3O.HI/c1-21-20(22-13-16-6-5-7-17(12-16)15-24-2)23-11-10-18-8-3-4-9-19(18)14-23;/h3-9,12H,10-11,13-15H2,1-2H3,(H,21,22);1H. The van der Waals surface area contributed by atoms with E-state index in [1.165, 1.54) is 22.3 Å². The van der Waals surface area contributed by atoms with Gasteiger partial charge in [-0.15, -0.1) is 24.0 Å². The van der Waals surface area contributed by atoms with Gasteiger partial charge in [-0.2, -0.15) is 0 Å². The Morgan fingerprint density at radius 3 is 2.64 bits per heavy atom. The smallest absolute Gasteiger partial charge is 0.194 e. The van der Waals surface area contributed by atoms with Crippen LogP contribution in [-0.4, -0.2) is 31.6 Å². The van der Waals surface area contributed by atoms with Gasteiger partial charge in [-0.25, -0.2) is 0 Å². The number of nitrogens with zero attached hydrogens (tertiary/aromatic N) is 2. The summed E-state index contributed by atoms with van der Waals surface area (Å²) < 4.78 is 5.21. The fraction of sp³-hybridized carbons (Fsp3) is 0.350. The van der Waals surface area contributed by atoms with Crippen LogP contribution in [0, 0.1) is 0 Å². The summed E-state index contributed by atoms with van der Waals surface area (Å²) in [6.07, 6.45) is 1.07. The molecule has 0 saturated heterocycles. The maximum atomic E-state index is 5.21. The Labute approximate surface area is 167 Å². The molecule has 2 aromatic carbocycles. The van der Waals surface area contributed by atoms with Gasteiger partial charge in [-0.1, -0.05) is 48.5 Å². The molecule has 1 aliphatic rings. The van der Waals surface area contributed by atoms with E-state index in [9.17, 15) is 0 Å². The SMILES string of the molecule is CN=C(NCc1cccc(COC)c1)N1CCc2ccccc2C1.I. The van der Waals surface area contributed by atoms with E-state index in [-0.39, 0.29) is 24.0 Å². The summed E-state index contributed by atoms with van der Waals surface area (Å²) in [5.74, 6) is 0.960. The number of fused-ring (bicyclic) bond motifs is 1. The predicted octanol–water partition coefficient (Wildman–Crippen LogP) is 3.58. The molecule has 1 heterocycles. The van der Waals surface area contributed by atoms with Crippen molar-refractivity contribution >= 4 is 29.9 Å². The van der Waals surface area contributed by atoms with Crippen molar-refractivity contribution in [2.24, 2.45) is 4.99 Å². The fourth-order valence-corrected chi connectivity index (χ4v) is 3.19. The molecular formula is C20H26IN3O. The Bertz CT molecular complexity index is 718. The molecule has 0 aliphatic carbocycles. The molecule has 0 radical (unpaired) electrons. The largest absolute Gasteiger partial charge is 0.380 e. The molecule has 25 heavy (non-hydrogen) atoms. The first kappa shape index (κ1) is 19.7. The Morgan fingerprint density at radius 2 is 1.88 bits per heavy atom. The monoisotopic (exact) mass is 451 g/mol. The molecule has 5 heteroatoms. The summed E-state index contributed by atoms with van der Waals surface area (Å²) in [6.45, 7) is 3.33. The minimum atomic E-state index is 0. The lowest BCUT2D eigenvalue weighted by atomic mass is 10.0. The zero-order valence-corrected chi connectivity index (χ0v) is 17.2. The van der Waals surface area contributed by atoms with Crippen molar-refractivity contribution in [1.29, 1.82) is 0 Å². The van der Waals surface area contributed by atoms with E-state index in [2.05, 4.69) is 63.7 Å². The maximum Gasteiger partial charge on any atom is 0.194 e. The summed E-state index contributed by atoms with van der Waals surface area (Å²) in [4.78, 5) is 6.79. The minimum absolute atomic E-state index is 0. The van der Waals surface area contributed by atoms with Gasteiger partial charge < -0.3 is 15.0 Å². The molecule has 0 saturated carbocycles. The van der Waals surface area contributed by atoms with Gasteiger partial charge in [0.25, 0.3) is 0 Å². The molecule has 0 atom stereocenters. The topological polar surface area (TPSA) is 36.9 Å². The second kappa shape index (κ2) is 9.77. The third-order valence-electron chi connectivity index (χ3n) is 4.40.